The average Bonchev–Trinajstić information content (AvgIpc) is 2.11. The zero-order valence-corrected chi connectivity index (χ0v) is 13.4. The van der Waals surface area contributed by atoms with Crippen LogP contribution in [0.4, 0.5) is 0 Å². The third kappa shape index (κ3) is 10.7. The topological polar surface area (TPSA) is 43.4 Å². The molecule has 0 aliphatic heterocycles. The fourth-order valence-electron chi connectivity index (χ4n) is 2.50. The average molecular weight is 270 g/mol. The van der Waals surface area contributed by atoms with E-state index in [0.29, 0.717) is 17.8 Å². The van der Waals surface area contributed by atoms with E-state index >= 15 is 0 Å². The highest BCUT2D eigenvalue weighted by atomic mass is 16.5. The van der Waals surface area contributed by atoms with Crippen molar-refractivity contribution in [3.8, 4) is 0 Å². The van der Waals surface area contributed by atoms with Crippen LogP contribution in [0.25, 0.3) is 0 Å². The van der Waals surface area contributed by atoms with Gasteiger partial charge in [0, 0.05) is 0 Å². The molecular weight excluding hydrogens is 240 g/mol. The maximum absolute atomic E-state index is 11.6. The number of ketones is 1. The van der Waals surface area contributed by atoms with Crippen LogP contribution < -0.4 is 0 Å². The highest BCUT2D eigenvalue weighted by molar-refractivity contribution is 5.94. The van der Waals surface area contributed by atoms with Crippen LogP contribution in [0.3, 0.4) is 0 Å². The lowest BCUT2D eigenvalue weighted by molar-refractivity contribution is -0.152. The van der Waals surface area contributed by atoms with E-state index in [0.717, 1.165) is 19.3 Å². The Balaban J connectivity index is 4.37. The molecule has 0 saturated heterocycles. The van der Waals surface area contributed by atoms with Gasteiger partial charge in [0.2, 0.25) is 0 Å². The maximum atomic E-state index is 11.6. The summed E-state index contributed by atoms with van der Waals surface area (Å²) in [7, 11) is 0. The Bertz CT molecular complexity index is 282. The second kappa shape index (κ2) is 9.11. The van der Waals surface area contributed by atoms with E-state index in [1.807, 2.05) is 0 Å². The summed E-state index contributed by atoms with van der Waals surface area (Å²) >= 11 is 0. The Morgan fingerprint density at radius 1 is 0.895 bits per heavy atom. The minimum absolute atomic E-state index is 0.0550. The first kappa shape index (κ1) is 18.1. The molecule has 112 valence electrons. The number of hydrogen-bond donors (Lipinski definition) is 0. The molecule has 0 N–H and O–H groups in total. The molecule has 0 unspecified atom stereocenters. The van der Waals surface area contributed by atoms with E-state index in [1.165, 1.54) is 6.92 Å². The third-order valence-corrected chi connectivity index (χ3v) is 2.96. The smallest absolute Gasteiger partial charge is 0.313 e. The molecule has 0 aromatic heterocycles. The van der Waals surface area contributed by atoms with E-state index in [9.17, 15) is 9.59 Å². The van der Waals surface area contributed by atoms with Crippen molar-refractivity contribution in [2.45, 2.75) is 73.3 Å². The summed E-state index contributed by atoms with van der Waals surface area (Å²) in [6.45, 7) is 12.3. The Labute approximate surface area is 118 Å². The fourth-order valence-corrected chi connectivity index (χ4v) is 2.50. The van der Waals surface area contributed by atoms with Gasteiger partial charge in [0.25, 0.3) is 0 Å². The largest absolute Gasteiger partial charge is 0.462 e. The fraction of sp³-hybridized carbons (Fsp3) is 0.875. The normalized spacial score (nSPS) is 14.5. The molecule has 2 atom stereocenters. The molecule has 0 aliphatic carbocycles. The number of ether oxygens (including phenoxy) is 1. The van der Waals surface area contributed by atoms with Gasteiger partial charge < -0.3 is 4.74 Å². The molecule has 0 aromatic rings. The van der Waals surface area contributed by atoms with Crippen molar-refractivity contribution < 1.29 is 14.3 Å². The minimum Gasteiger partial charge on any atom is -0.462 e. The molecule has 0 bridgehead atoms. The zero-order valence-electron chi connectivity index (χ0n) is 13.4. The quantitative estimate of drug-likeness (QED) is 0.470. The predicted molar refractivity (Wildman–Crippen MR) is 77.9 cm³/mol. The number of esters is 1. The molecule has 0 radical (unpaired) electrons. The monoisotopic (exact) mass is 270 g/mol. The first-order valence-corrected chi connectivity index (χ1v) is 7.39. The van der Waals surface area contributed by atoms with Gasteiger partial charge in [-0.15, -0.1) is 0 Å². The van der Waals surface area contributed by atoms with E-state index in [1.54, 1.807) is 0 Å². The van der Waals surface area contributed by atoms with Crippen molar-refractivity contribution >= 4 is 11.8 Å². The molecule has 0 heterocycles. The van der Waals surface area contributed by atoms with Gasteiger partial charge in [-0.25, -0.2) is 0 Å². The summed E-state index contributed by atoms with van der Waals surface area (Å²) < 4.78 is 5.46. The summed E-state index contributed by atoms with van der Waals surface area (Å²) in [5, 5.41) is 0. The predicted octanol–water partition coefficient (Wildman–Crippen LogP) is 4.00. The molecule has 0 saturated carbocycles. The van der Waals surface area contributed by atoms with E-state index in [2.05, 4.69) is 34.6 Å². The summed E-state index contributed by atoms with van der Waals surface area (Å²) in [4.78, 5) is 22.5. The molecule has 3 heteroatoms. The molecule has 0 amide bonds. The molecule has 0 rings (SSSR count). The van der Waals surface area contributed by atoms with E-state index < -0.39 is 0 Å². The van der Waals surface area contributed by atoms with Crippen molar-refractivity contribution in [1.29, 1.82) is 0 Å². The number of Topliss-reactive ketones (excluding diaryl/α,β-unsaturated/α-hetero) is 1. The lowest BCUT2D eigenvalue weighted by atomic mass is 9.91. The Kier molecular flexibility index (Phi) is 8.70. The lowest BCUT2D eigenvalue weighted by Gasteiger charge is -2.23. The maximum Gasteiger partial charge on any atom is 0.313 e. The van der Waals surface area contributed by atoms with Crippen LogP contribution >= 0.6 is 0 Å². The van der Waals surface area contributed by atoms with Gasteiger partial charge in [-0.05, 0) is 43.9 Å². The second-order valence-electron chi connectivity index (χ2n) is 6.59. The zero-order chi connectivity index (χ0) is 15.0. The van der Waals surface area contributed by atoms with Crippen LogP contribution in [0, 0.1) is 17.8 Å². The van der Waals surface area contributed by atoms with Gasteiger partial charge in [-0.2, -0.15) is 0 Å². The van der Waals surface area contributed by atoms with Crippen molar-refractivity contribution in [3.63, 3.8) is 0 Å². The van der Waals surface area contributed by atoms with Crippen molar-refractivity contribution in [2.75, 3.05) is 0 Å². The minimum atomic E-state index is -0.380. The molecule has 0 spiro atoms. The highest BCUT2D eigenvalue weighted by Crippen LogP contribution is 2.22. The second-order valence-corrected chi connectivity index (χ2v) is 6.59. The highest BCUT2D eigenvalue weighted by Gasteiger charge is 2.20. The Hall–Kier alpha value is -0.860. The molecule has 3 nitrogen and oxygen atoms in total. The van der Waals surface area contributed by atoms with Crippen LogP contribution in [0.2, 0.25) is 0 Å². The van der Waals surface area contributed by atoms with Crippen LogP contribution in [-0.4, -0.2) is 17.9 Å². The van der Waals surface area contributed by atoms with Crippen LogP contribution in [0.1, 0.15) is 67.2 Å². The Morgan fingerprint density at radius 3 is 1.84 bits per heavy atom. The van der Waals surface area contributed by atoms with Crippen LogP contribution in [0.15, 0.2) is 0 Å². The molecule has 19 heavy (non-hydrogen) atoms. The molecule has 0 aromatic carbocycles. The van der Waals surface area contributed by atoms with Gasteiger partial charge in [0.15, 0.2) is 0 Å². The first-order chi connectivity index (χ1) is 8.70. The third-order valence-electron chi connectivity index (χ3n) is 2.96. The van der Waals surface area contributed by atoms with Crippen LogP contribution in [-0.2, 0) is 14.3 Å². The Morgan fingerprint density at radius 2 is 1.42 bits per heavy atom. The summed E-state index contributed by atoms with van der Waals surface area (Å²) in [5.41, 5.74) is 0. The molecule has 0 aliphatic rings. The summed E-state index contributed by atoms with van der Waals surface area (Å²) in [6.07, 6.45) is 2.73. The van der Waals surface area contributed by atoms with Crippen LogP contribution in [0.5, 0.6) is 0 Å². The summed E-state index contributed by atoms with van der Waals surface area (Å²) in [5.74, 6) is 1.16. The number of hydrogen-bond acceptors (Lipinski definition) is 3. The van der Waals surface area contributed by atoms with E-state index in [4.69, 9.17) is 4.74 Å². The van der Waals surface area contributed by atoms with Gasteiger partial charge in [-0.1, -0.05) is 34.6 Å². The standard InChI is InChI=1S/C16H30O3/c1-11(2)7-13(5)9-15(8-12(3)4)19-16(18)10-14(6)17/h11-13,15H,7-10H2,1-6H3/t13-,15-/m0/s1. The number of carbonyl (C=O) groups is 2. The van der Waals surface area contributed by atoms with Crippen molar-refractivity contribution in [2.24, 2.45) is 17.8 Å². The van der Waals surface area contributed by atoms with Gasteiger partial charge in [0.1, 0.15) is 18.3 Å². The summed E-state index contributed by atoms with van der Waals surface area (Å²) in [6, 6.07) is 0. The number of rotatable bonds is 9. The molecule has 0 fully saturated rings. The van der Waals surface area contributed by atoms with Crippen molar-refractivity contribution in [3.05, 3.63) is 0 Å². The first-order valence-electron chi connectivity index (χ1n) is 7.39. The van der Waals surface area contributed by atoms with Crippen molar-refractivity contribution in [1.82, 2.24) is 0 Å². The molecular formula is C16H30O3. The van der Waals surface area contributed by atoms with Gasteiger partial charge >= 0.3 is 5.97 Å². The van der Waals surface area contributed by atoms with Gasteiger partial charge in [-0.3, -0.25) is 9.59 Å². The lowest BCUT2D eigenvalue weighted by Crippen LogP contribution is -2.24. The van der Waals surface area contributed by atoms with Gasteiger partial charge in [0.05, 0.1) is 0 Å². The SMILES string of the molecule is CC(=O)CC(=O)O[C@@H](CC(C)C)C[C@@H](C)CC(C)C. The van der Waals surface area contributed by atoms with E-state index in [-0.39, 0.29) is 24.3 Å². The number of carbonyl (C=O) groups excluding carboxylic acids is 2.